The summed E-state index contributed by atoms with van der Waals surface area (Å²) in [7, 11) is 1.45. The first-order chi connectivity index (χ1) is 10.0. The third-order valence-corrected chi connectivity index (χ3v) is 4.25. The van der Waals surface area contributed by atoms with Crippen LogP contribution in [0.4, 0.5) is 5.69 Å². The van der Waals surface area contributed by atoms with E-state index in [1.54, 1.807) is 0 Å². The number of rotatable bonds is 3. The second-order valence-corrected chi connectivity index (χ2v) is 5.41. The Kier molecular flexibility index (Phi) is 3.16. The van der Waals surface area contributed by atoms with Gasteiger partial charge in [-0.05, 0) is 31.4 Å². The van der Waals surface area contributed by atoms with E-state index in [0.717, 1.165) is 4.90 Å². The van der Waals surface area contributed by atoms with E-state index in [0.29, 0.717) is 25.0 Å². The van der Waals surface area contributed by atoms with E-state index < -0.39 is 5.97 Å². The van der Waals surface area contributed by atoms with Gasteiger partial charge in [0, 0.05) is 17.9 Å². The summed E-state index contributed by atoms with van der Waals surface area (Å²) in [4.78, 5) is 37.3. The standard InChI is InChI=1S/C15H15NO5/c1-21-10-4-5-11(15(19)20)12(7-10)16-13(17)8-2-3-9(6-8)14(16)18/h4-5,7-9H,2-3,6H2,1H3,(H,19,20). The van der Waals surface area contributed by atoms with E-state index in [-0.39, 0.29) is 34.9 Å². The van der Waals surface area contributed by atoms with Crippen molar-refractivity contribution >= 4 is 23.5 Å². The molecular formula is C15H15NO5. The normalized spacial score (nSPS) is 24.3. The number of aromatic carboxylic acids is 1. The van der Waals surface area contributed by atoms with Gasteiger partial charge in [0.1, 0.15) is 5.75 Å². The molecule has 1 aliphatic heterocycles. The maximum Gasteiger partial charge on any atom is 0.337 e. The van der Waals surface area contributed by atoms with Crippen molar-refractivity contribution in [1.82, 2.24) is 0 Å². The molecule has 2 atom stereocenters. The lowest BCUT2D eigenvalue weighted by molar-refractivity contribution is -0.132. The largest absolute Gasteiger partial charge is 0.497 e. The lowest BCUT2D eigenvalue weighted by Crippen LogP contribution is -2.47. The number of benzene rings is 1. The number of amides is 2. The van der Waals surface area contributed by atoms with E-state index in [1.807, 2.05) is 0 Å². The van der Waals surface area contributed by atoms with Gasteiger partial charge in [-0.3, -0.25) is 9.59 Å². The quantitative estimate of drug-likeness (QED) is 0.856. The minimum atomic E-state index is -1.17. The second-order valence-electron chi connectivity index (χ2n) is 5.41. The van der Waals surface area contributed by atoms with Gasteiger partial charge >= 0.3 is 5.97 Å². The number of methoxy groups -OCH3 is 1. The Hall–Kier alpha value is -2.37. The molecule has 110 valence electrons. The number of carbonyl (C=O) groups excluding carboxylic acids is 2. The zero-order chi connectivity index (χ0) is 15.1. The van der Waals surface area contributed by atoms with Crippen molar-refractivity contribution in [3.8, 4) is 5.75 Å². The number of nitrogens with zero attached hydrogens (tertiary/aromatic N) is 1. The molecule has 0 spiro atoms. The van der Waals surface area contributed by atoms with Crippen molar-refractivity contribution in [2.45, 2.75) is 19.3 Å². The minimum absolute atomic E-state index is 0.0706. The molecular weight excluding hydrogens is 274 g/mol. The fourth-order valence-corrected chi connectivity index (χ4v) is 3.15. The molecule has 1 aromatic rings. The Morgan fingerprint density at radius 3 is 2.38 bits per heavy atom. The molecule has 1 aromatic carbocycles. The molecule has 0 radical (unpaired) electrons. The van der Waals surface area contributed by atoms with E-state index in [9.17, 15) is 19.5 Å². The molecule has 0 aromatic heterocycles. The summed E-state index contributed by atoms with van der Waals surface area (Å²) < 4.78 is 5.08. The second kappa shape index (κ2) is 4.87. The lowest BCUT2D eigenvalue weighted by Gasteiger charge is -2.30. The number of carboxylic acid groups (broad SMARTS) is 1. The number of piperidine rings is 1. The van der Waals surface area contributed by atoms with Crippen LogP contribution in [0.25, 0.3) is 0 Å². The molecule has 6 heteroatoms. The predicted octanol–water partition coefficient (Wildman–Crippen LogP) is 1.68. The van der Waals surface area contributed by atoms with Gasteiger partial charge in [0.25, 0.3) is 0 Å². The molecule has 1 saturated carbocycles. The zero-order valence-corrected chi connectivity index (χ0v) is 11.5. The van der Waals surface area contributed by atoms with Gasteiger partial charge in [-0.15, -0.1) is 0 Å². The van der Waals surface area contributed by atoms with E-state index in [1.165, 1.54) is 25.3 Å². The third-order valence-electron chi connectivity index (χ3n) is 4.25. The minimum Gasteiger partial charge on any atom is -0.497 e. The van der Waals surface area contributed by atoms with Crippen molar-refractivity contribution in [3.63, 3.8) is 0 Å². The molecule has 2 bridgehead atoms. The number of ether oxygens (including phenoxy) is 1. The fraction of sp³-hybridized carbons (Fsp3) is 0.400. The van der Waals surface area contributed by atoms with Crippen molar-refractivity contribution in [3.05, 3.63) is 23.8 Å². The smallest absolute Gasteiger partial charge is 0.337 e. The van der Waals surface area contributed by atoms with E-state index in [2.05, 4.69) is 0 Å². The molecule has 21 heavy (non-hydrogen) atoms. The van der Waals surface area contributed by atoms with Crippen LogP contribution in [-0.2, 0) is 9.59 Å². The van der Waals surface area contributed by atoms with Gasteiger partial charge in [-0.25, -0.2) is 9.69 Å². The number of imide groups is 1. The van der Waals surface area contributed by atoms with Crippen LogP contribution < -0.4 is 9.64 Å². The summed E-state index contributed by atoms with van der Waals surface area (Å²) in [5.74, 6) is -1.73. The zero-order valence-electron chi connectivity index (χ0n) is 11.5. The number of fused-ring (bicyclic) bond motifs is 2. The summed E-state index contributed by atoms with van der Waals surface area (Å²) in [6.07, 6.45) is 1.97. The molecule has 2 unspecified atom stereocenters. The predicted molar refractivity (Wildman–Crippen MR) is 73.3 cm³/mol. The van der Waals surface area contributed by atoms with Gasteiger partial charge in [0.2, 0.25) is 11.8 Å². The van der Waals surface area contributed by atoms with Crippen molar-refractivity contribution in [2.75, 3.05) is 12.0 Å². The maximum atomic E-state index is 12.4. The molecule has 1 N–H and O–H groups in total. The summed E-state index contributed by atoms with van der Waals surface area (Å²) in [5, 5.41) is 9.29. The summed E-state index contributed by atoms with van der Waals surface area (Å²) >= 11 is 0. The SMILES string of the molecule is COc1ccc(C(=O)O)c(N2C(=O)C3CCC(C3)C2=O)c1. The van der Waals surface area contributed by atoms with Crippen LogP contribution >= 0.6 is 0 Å². The number of anilines is 1. The van der Waals surface area contributed by atoms with Crippen LogP contribution in [0.2, 0.25) is 0 Å². The Morgan fingerprint density at radius 2 is 1.86 bits per heavy atom. The van der Waals surface area contributed by atoms with Crippen LogP contribution in [-0.4, -0.2) is 30.0 Å². The van der Waals surface area contributed by atoms with Gasteiger partial charge in [-0.1, -0.05) is 0 Å². The van der Waals surface area contributed by atoms with E-state index in [4.69, 9.17) is 4.74 Å². The summed E-state index contributed by atoms with van der Waals surface area (Å²) in [5.41, 5.74) is 0.0345. The summed E-state index contributed by atoms with van der Waals surface area (Å²) in [6, 6.07) is 4.29. The Bertz CT molecular complexity index is 617. The van der Waals surface area contributed by atoms with Crippen LogP contribution in [0.15, 0.2) is 18.2 Å². The van der Waals surface area contributed by atoms with Gasteiger partial charge in [0.05, 0.1) is 18.4 Å². The van der Waals surface area contributed by atoms with Crippen LogP contribution in [0.1, 0.15) is 29.6 Å². The highest BCUT2D eigenvalue weighted by atomic mass is 16.5. The van der Waals surface area contributed by atoms with Crippen LogP contribution in [0.5, 0.6) is 5.75 Å². The first kappa shape index (κ1) is 13.6. The Labute approximate surface area is 121 Å². The van der Waals surface area contributed by atoms with Gasteiger partial charge in [0.15, 0.2) is 0 Å². The topological polar surface area (TPSA) is 83.9 Å². The van der Waals surface area contributed by atoms with Crippen molar-refractivity contribution < 1.29 is 24.2 Å². The Morgan fingerprint density at radius 1 is 1.24 bits per heavy atom. The molecule has 1 heterocycles. The molecule has 3 rings (SSSR count). The molecule has 6 nitrogen and oxygen atoms in total. The highest BCUT2D eigenvalue weighted by molar-refractivity contribution is 6.20. The first-order valence-electron chi connectivity index (χ1n) is 6.82. The van der Waals surface area contributed by atoms with Crippen LogP contribution in [0.3, 0.4) is 0 Å². The number of carbonyl (C=O) groups is 3. The average molecular weight is 289 g/mol. The molecule has 1 saturated heterocycles. The first-order valence-corrected chi connectivity index (χ1v) is 6.82. The Balaban J connectivity index is 2.12. The molecule has 2 aliphatic rings. The molecule has 2 fully saturated rings. The molecule has 1 aliphatic carbocycles. The highest BCUT2D eigenvalue weighted by Crippen LogP contribution is 2.41. The van der Waals surface area contributed by atoms with Gasteiger partial charge in [-0.2, -0.15) is 0 Å². The highest BCUT2D eigenvalue weighted by Gasteiger charge is 2.46. The monoisotopic (exact) mass is 289 g/mol. The number of carboxylic acids is 1. The van der Waals surface area contributed by atoms with Crippen molar-refractivity contribution in [2.24, 2.45) is 11.8 Å². The molecule has 2 amide bonds. The maximum absolute atomic E-state index is 12.4. The number of hydrogen-bond donors (Lipinski definition) is 1. The number of hydrogen-bond acceptors (Lipinski definition) is 4. The average Bonchev–Trinajstić information content (AvgIpc) is 2.92. The van der Waals surface area contributed by atoms with Crippen molar-refractivity contribution in [1.29, 1.82) is 0 Å². The lowest BCUT2D eigenvalue weighted by atomic mass is 9.95. The fourth-order valence-electron chi connectivity index (χ4n) is 3.15. The summed E-state index contributed by atoms with van der Waals surface area (Å²) in [6.45, 7) is 0. The third kappa shape index (κ3) is 2.07. The van der Waals surface area contributed by atoms with Crippen LogP contribution in [0, 0.1) is 11.8 Å². The van der Waals surface area contributed by atoms with Gasteiger partial charge < -0.3 is 9.84 Å². The van der Waals surface area contributed by atoms with E-state index >= 15 is 0 Å².